The quantitative estimate of drug-likeness (QED) is 0.260. The average molecular weight is 431 g/mol. The number of carbonyl (C=O) groups is 2. The van der Waals surface area contributed by atoms with E-state index in [0.717, 1.165) is 18.8 Å². The molecule has 10 nitrogen and oxygen atoms in total. The Balaban J connectivity index is 1.76. The molecule has 2 fully saturated rings. The van der Waals surface area contributed by atoms with E-state index in [1.165, 1.54) is 0 Å². The van der Waals surface area contributed by atoms with E-state index in [9.17, 15) is 25.1 Å². The predicted molar refractivity (Wildman–Crippen MR) is 109 cm³/mol. The second kappa shape index (κ2) is 9.89. The van der Waals surface area contributed by atoms with Crippen molar-refractivity contribution in [2.45, 2.75) is 31.3 Å². The van der Waals surface area contributed by atoms with Gasteiger partial charge in [-0.15, -0.1) is 0 Å². The Kier molecular flexibility index (Phi) is 7.25. The van der Waals surface area contributed by atoms with Crippen molar-refractivity contribution < 1.29 is 34.4 Å². The maximum Gasteiger partial charge on any atom is 0.331 e. The second-order valence-corrected chi connectivity index (χ2v) is 7.35. The first kappa shape index (κ1) is 22.7. The van der Waals surface area contributed by atoms with E-state index in [2.05, 4.69) is 10.2 Å². The summed E-state index contributed by atoms with van der Waals surface area (Å²) in [4.78, 5) is 26.9. The maximum absolute atomic E-state index is 12.7. The first-order valence-electron chi connectivity index (χ1n) is 9.89. The van der Waals surface area contributed by atoms with Gasteiger partial charge in [0, 0.05) is 18.8 Å². The van der Waals surface area contributed by atoms with Crippen molar-refractivity contribution in [2.75, 3.05) is 37.8 Å². The minimum Gasteiger partial charge on any atom is -0.455 e. The molecule has 10 heteroatoms. The third-order valence-corrected chi connectivity index (χ3v) is 5.45. The molecule has 166 valence electrons. The lowest BCUT2D eigenvalue weighted by molar-refractivity contribution is -0.189. The summed E-state index contributed by atoms with van der Waals surface area (Å²) in [6.07, 6.45) is -4.54. The standard InChI is InChI=1S/C21H25N3O7/c1-12(13-2-4-14(5-3-13)24-6-8-30-9-7-24)15(10-22)20(28)23-17-19(27)18(26)16(11-25)31-21(17)29/h2-5,16-19,25-27H,6-9,11H2,1H3,(H,23,28)/b15-12+/t16-,17-,18-,19-/m1/s1. The lowest BCUT2D eigenvalue weighted by Gasteiger charge is -2.35. The van der Waals surface area contributed by atoms with Gasteiger partial charge in [0.05, 0.1) is 19.8 Å². The van der Waals surface area contributed by atoms with Crippen LogP contribution in [-0.2, 0) is 19.1 Å². The van der Waals surface area contributed by atoms with E-state index < -0.39 is 42.8 Å². The first-order chi connectivity index (χ1) is 14.9. The number of allylic oxidation sites excluding steroid dienone is 1. The molecule has 0 unspecified atom stereocenters. The molecule has 2 aliphatic rings. The fourth-order valence-corrected chi connectivity index (χ4v) is 3.54. The van der Waals surface area contributed by atoms with Gasteiger partial charge in [-0.3, -0.25) is 4.79 Å². The number of benzene rings is 1. The van der Waals surface area contributed by atoms with Crippen LogP contribution in [0.15, 0.2) is 29.8 Å². The van der Waals surface area contributed by atoms with Crippen molar-refractivity contribution in [3.8, 4) is 6.07 Å². The molecule has 0 bridgehead atoms. The Morgan fingerprint density at radius 1 is 1.23 bits per heavy atom. The van der Waals surface area contributed by atoms with Crippen LogP contribution in [-0.4, -0.2) is 84.5 Å². The second-order valence-electron chi connectivity index (χ2n) is 7.35. The summed E-state index contributed by atoms with van der Waals surface area (Å²) in [5.74, 6) is -1.89. The van der Waals surface area contributed by atoms with Gasteiger partial charge >= 0.3 is 5.97 Å². The normalized spacial score (nSPS) is 27.1. The van der Waals surface area contributed by atoms with Gasteiger partial charge in [0.2, 0.25) is 0 Å². The lowest BCUT2D eigenvalue weighted by Crippen LogP contribution is -2.62. The number of carbonyl (C=O) groups excluding carboxylic acids is 2. The molecule has 4 atom stereocenters. The monoisotopic (exact) mass is 431 g/mol. The van der Waals surface area contributed by atoms with Gasteiger partial charge in [-0.2, -0.15) is 5.26 Å². The fourth-order valence-electron chi connectivity index (χ4n) is 3.54. The number of cyclic esters (lactones) is 1. The smallest absolute Gasteiger partial charge is 0.331 e. The number of amides is 1. The van der Waals surface area contributed by atoms with Crippen molar-refractivity contribution in [1.29, 1.82) is 5.26 Å². The number of nitriles is 1. The molecule has 1 amide bonds. The summed E-state index contributed by atoms with van der Waals surface area (Å²) in [5.41, 5.74) is 1.80. The predicted octanol–water partition coefficient (Wildman–Crippen LogP) is -1.06. The van der Waals surface area contributed by atoms with Gasteiger partial charge in [0.1, 0.15) is 23.9 Å². The van der Waals surface area contributed by atoms with Crippen LogP contribution in [0.5, 0.6) is 0 Å². The molecule has 2 heterocycles. The SMILES string of the molecule is C/C(=C(/C#N)C(=O)N[C@H]1C(=O)O[C@H](CO)[C@@H](O)[C@@H]1O)c1ccc(N2CCOCC2)cc1. The van der Waals surface area contributed by atoms with Crippen LogP contribution >= 0.6 is 0 Å². The maximum atomic E-state index is 12.7. The zero-order chi connectivity index (χ0) is 22.5. The molecular weight excluding hydrogens is 406 g/mol. The van der Waals surface area contributed by atoms with Gasteiger partial charge in [-0.25, -0.2) is 4.79 Å². The minimum absolute atomic E-state index is 0.238. The number of morpholine rings is 1. The van der Waals surface area contributed by atoms with Crippen molar-refractivity contribution >= 4 is 23.1 Å². The van der Waals surface area contributed by atoms with Gasteiger partial charge < -0.3 is 35.0 Å². The summed E-state index contributed by atoms with van der Waals surface area (Å²) in [6, 6.07) is 7.65. The molecule has 0 radical (unpaired) electrons. The van der Waals surface area contributed by atoms with Gasteiger partial charge in [-0.1, -0.05) is 12.1 Å². The summed E-state index contributed by atoms with van der Waals surface area (Å²) >= 11 is 0. The highest BCUT2D eigenvalue weighted by Gasteiger charge is 2.45. The van der Waals surface area contributed by atoms with E-state index in [1.54, 1.807) is 19.1 Å². The zero-order valence-corrected chi connectivity index (χ0v) is 17.0. The summed E-state index contributed by atoms with van der Waals surface area (Å²) in [7, 11) is 0. The van der Waals surface area contributed by atoms with E-state index in [0.29, 0.717) is 24.4 Å². The minimum atomic E-state index is -1.68. The van der Waals surface area contributed by atoms with Crippen LogP contribution in [0.3, 0.4) is 0 Å². The third kappa shape index (κ3) is 4.86. The Hall–Kier alpha value is -2.97. The largest absolute Gasteiger partial charge is 0.455 e. The molecule has 1 aromatic rings. The number of hydrogen-bond acceptors (Lipinski definition) is 9. The highest BCUT2D eigenvalue weighted by atomic mass is 16.6. The number of ether oxygens (including phenoxy) is 2. The molecule has 0 aromatic heterocycles. The Bertz CT molecular complexity index is 887. The zero-order valence-electron chi connectivity index (χ0n) is 17.0. The van der Waals surface area contributed by atoms with Gasteiger partial charge in [0.15, 0.2) is 12.1 Å². The number of esters is 1. The molecule has 2 saturated heterocycles. The van der Waals surface area contributed by atoms with Gasteiger partial charge in [0.25, 0.3) is 5.91 Å². The Morgan fingerprint density at radius 3 is 2.45 bits per heavy atom. The summed E-state index contributed by atoms with van der Waals surface area (Å²) in [5, 5.41) is 40.9. The lowest BCUT2D eigenvalue weighted by atomic mass is 9.96. The van der Waals surface area contributed by atoms with Crippen LogP contribution in [0.2, 0.25) is 0 Å². The van der Waals surface area contributed by atoms with Crippen LogP contribution in [0.4, 0.5) is 5.69 Å². The van der Waals surface area contributed by atoms with Gasteiger partial charge in [-0.05, 0) is 30.2 Å². The number of aliphatic hydroxyl groups is 3. The Morgan fingerprint density at radius 2 is 1.87 bits per heavy atom. The van der Waals surface area contributed by atoms with E-state index in [1.807, 2.05) is 18.2 Å². The van der Waals surface area contributed by atoms with Crippen LogP contribution < -0.4 is 10.2 Å². The molecule has 4 N–H and O–H groups in total. The summed E-state index contributed by atoms with van der Waals surface area (Å²) in [6.45, 7) is 3.80. The molecule has 0 aliphatic carbocycles. The van der Waals surface area contributed by atoms with Crippen molar-refractivity contribution in [3.63, 3.8) is 0 Å². The number of rotatable bonds is 5. The first-order valence-corrected chi connectivity index (χ1v) is 9.89. The van der Waals surface area contributed by atoms with E-state index in [-0.39, 0.29) is 5.57 Å². The number of nitrogens with zero attached hydrogens (tertiary/aromatic N) is 2. The van der Waals surface area contributed by atoms with E-state index in [4.69, 9.17) is 14.6 Å². The van der Waals surface area contributed by atoms with Crippen molar-refractivity contribution in [1.82, 2.24) is 5.32 Å². The topological polar surface area (TPSA) is 152 Å². The van der Waals surface area contributed by atoms with Crippen LogP contribution in [0, 0.1) is 11.3 Å². The third-order valence-electron chi connectivity index (χ3n) is 5.45. The van der Waals surface area contributed by atoms with Crippen molar-refractivity contribution in [2.24, 2.45) is 0 Å². The highest BCUT2D eigenvalue weighted by Crippen LogP contribution is 2.24. The number of anilines is 1. The molecule has 0 spiro atoms. The fraction of sp³-hybridized carbons (Fsp3) is 0.476. The molecule has 2 aliphatic heterocycles. The molecular formula is C21H25N3O7. The van der Waals surface area contributed by atoms with Crippen LogP contribution in [0.25, 0.3) is 5.57 Å². The van der Waals surface area contributed by atoms with Crippen molar-refractivity contribution in [3.05, 3.63) is 35.4 Å². The number of nitrogens with one attached hydrogen (secondary N) is 1. The molecule has 3 rings (SSSR count). The van der Waals surface area contributed by atoms with Crippen LogP contribution in [0.1, 0.15) is 12.5 Å². The highest BCUT2D eigenvalue weighted by molar-refractivity contribution is 6.06. The Labute approximate surface area is 179 Å². The molecule has 1 aromatic carbocycles. The van der Waals surface area contributed by atoms with E-state index >= 15 is 0 Å². The molecule has 31 heavy (non-hydrogen) atoms. The average Bonchev–Trinajstić information content (AvgIpc) is 2.80. The number of hydrogen-bond donors (Lipinski definition) is 4. The molecule has 0 saturated carbocycles. The summed E-state index contributed by atoms with van der Waals surface area (Å²) < 4.78 is 10.2. The number of aliphatic hydroxyl groups excluding tert-OH is 3.